The van der Waals surface area contributed by atoms with E-state index in [2.05, 4.69) is 44.8 Å². The highest BCUT2D eigenvalue weighted by atomic mass is 16.5. The summed E-state index contributed by atoms with van der Waals surface area (Å²) in [6, 6.07) is 1.99. The van der Waals surface area contributed by atoms with Gasteiger partial charge in [-0.3, -0.25) is 4.90 Å². The zero-order chi connectivity index (χ0) is 14.0. The molecule has 2 aliphatic rings. The Bertz CT molecular complexity index is 280. The normalized spacial score (nSPS) is 40.3. The number of ether oxygens (including phenoxy) is 1. The van der Waals surface area contributed by atoms with Crippen LogP contribution >= 0.6 is 0 Å². The minimum Gasteiger partial charge on any atom is -0.378 e. The Morgan fingerprint density at radius 1 is 1.16 bits per heavy atom. The quantitative estimate of drug-likeness (QED) is 0.851. The molecule has 0 aromatic heterocycles. The predicted octanol–water partition coefficient (Wildman–Crippen LogP) is 2.65. The van der Waals surface area contributed by atoms with E-state index in [0.29, 0.717) is 29.6 Å². The van der Waals surface area contributed by atoms with Gasteiger partial charge in [0.1, 0.15) is 0 Å². The van der Waals surface area contributed by atoms with E-state index in [9.17, 15) is 0 Å². The van der Waals surface area contributed by atoms with Crippen molar-refractivity contribution in [1.82, 2.24) is 10.2 Å². The second kappa shape index (κ2) is 6.11. The standard InChI is InChI=1S/C16H32N2O/c1-6-19-15-11-14(16(15,4)5)18-9-7-12(2)17-13(3)8-10-18/h12-15,17H,6-11H2,1-5H3. The third-order valence-electron chi connectivity index (χ3n) is 5.20. The van der Waals surface area contributed by atoms with Gasteiger partial charge in [0.15, 0.2) is 0 Å². The number of rotatable bonds is 3. The first-order valence-corrected chi connectivity index (χ1v) is 8.06. The summed E-state index contributed by atoms with van der Waals surface area (Å²) in [5.74, 6) is 0. The largest absolute Gasteiger partial charge is 0.378 e. The van der Waals surface area contributed by atoms with Gasteiger partial charge in [0.05, 0.1) is 6.10 Å². The molecule has 0 spiro atoms. The van der Waals surface area contributed by atoms with E-state index in [1.165, 1.54) is 32.4 Å². The van der Waals surface area contributed by atoms with Crippen LogP contribution in [0.5, 0.6) is 0 Å². The third kappa shape index (κ3) is 3.32. The highest BCUT2D eigenvalue weighted by Crippen LogP contribution is 2.46. The molecule has 3 nitrogen and oxygen atoms in total. The van der Waals surface area contributed by atoms with E-state index in [1.54, 1.807) is 0 Å². The summed E-state index contributed by atoms with van der Waals surface area (Å²) in [5.41, 5.74) is 0.315. The number of hydrogen-bond acceptors (Lipinski definition) is 3. The van der Waals surface area contributed by atoms with E-state index in [-0.39, 0.29) is 0 Å². The van der Waals surface area contributed by atoms with Gasteiger partial charge in [-0.25, -0.2) is 0 Å². The van der Waals surface area contributed by atoms with Crippen molar-refractivity contribution in [3.05, 3.63) is 0 Å². The fraction of sp³-hybridized carbons (Fsp3) is 1.00. The van der Waals surface area contributed by atoms with Crippen LogP contribution in [0, 0.1) is 5.41 Å². The molecule has 2 rings (SSSR count). The van der Waals surface area contributed by atoms with Crippen LogP contribution in [-0.2, 0) is 4.74 Å². The van der Waals surface area contributed by atoms with Gasteiger partial charge in [-0.05, 0) is 53.1 Å². The lowest BCUT2D eigenvalue weighted by atomic mass is 9.63. The van der Waals surface area contributed by atoms with Crippen molar-refractivity contribution >= 4 is 0 Å². The minimum atomic E-state index is 0.315. The van der Waals surface area contributed by atoms with Crippen LogP contribution in [0.1, 0.15) is 53.9 Å². The van der Waals surface area contributed by atoms with Gasteiger partial charge in [0.25, 0.3) is 0 Å². The van der Waals surface area contributed by atoms with E-state index in [4.69, 9.17) is 4.74 Å². The van der Waals surface area contributed by atoms with Crippen molar-refractivity contribution in [2.24, 2.45) is 5.41 Å². The molecule has 1 heterocycles. The highest BCUT2D eigenvalue weighted by Gasteiger charge is 2.51. The lowest BCUT2D eigenvalue weighted by Crippen LogP contribution is -2.63. The lowest BCUT2D eigenvalue weighted by Gasteiger charge is -2.56. The van der Waals surface area contributed by atoms with Gasteiger partial charge in [-0.1, -0.05) is 13.8 Å². The SMILES string of the molecule is CCOC1CC(N2CCC(C)NC(C)CC2)C1(C)C. The van der Waals surface area contributed by atoms with E-state index in [1.807, 2.05) is 0 Å². The second-order valence-electron chi connectivity index (χ2n) is 7.10. The molecule has 0 aromatic carbocycles. The van der Waals surface area contributed by atoms with Crippen LogP contribution in [0.15, 0.2) is 0 Å². The Balaban J connectivity index is 1.94. The minimum absolute atomic E-state index is 0.315. The first-order valence-electron chi connectivity index (χ1n) is 8.06. The van der Waals surface area contributed by atoms with Crippen molar-refractivity contribution in [1.29, 1.82) is 0 Å². The summed E-state index contributed by atoms with van der Waals surface area (Å²) < 4.78 is 5.87. The monoisotopic (exact) mass is 268 g/mol. The third-order valence-corrected chi connectivity index (χ3v) is 5.20. The fourth-order valence-corrected chi connectivity index (χ4v) is 3.76. The number of nitrogens with zero attached hydrogens (tertiary/aromatic N) is 1. The molecule has 112 valence electrons. The molecule has 1 saturated carbocycles. The maximum Gasteiger partial charge on any atom is 0.0655 e. The smallest absolute Gasteiger partial charge is 0.0655 e. The summed E-state index contributed by atoms with van der Waals surface area (Å²) in [7, 11) is 0. The van der Waals surface area contributed by atoms with Crippen LogP contribution in [0.2, 0.25) is 0 Å². The molecule has 0 radical (unpaired) electrons. The summed E-state index contributed by atoms with van der Waals surface area (Å²) in [5, 5.41) is 3.68. The molecule has 19 heavy (non-hydrogen) atoms. The van der Waals surface area contributed by atoms with Gasteiger partial charge in [-0.15, -0.1) is 0 Å². The summed E-state index contributed by atoms with van der Waals surface area (Å²) >= 11 is 0. The van der Waals surface area contributed by atoms with Gasteiger partial charge < -0.3 is 10.1 Å². The molecule has 1 N–H and O–H groups in total. The Kier molecular flexibility index (Phi) is 4.91. The zero-order valence-corrected chi connectivity index (χ0v) is 13.4. The Morgan fingerprint density at radius 2 is 1.74 bits per heavy atom. The first kappa shape index (κ1) is 15.3. The highest BCUT2D eigenvalue weighted by molar-refractivity contribution is 5.04. The first-order chi connectivity index (χ1) is 8.95. The number of nitrogens with one attached hydrogen (secondary N) is 1. The molecular formula is C16H32N2O. The Labute approximate surface area is 119 Å². The molecular weight excluding hydrogens is 236 g/mol. The molecule has 1 aliphatic carbocycles. The van der Waals surface area contributed by atoms with Crippen LogP contribution in [0.3, 0.4) is 0 Å². The van der Waals surface area contributed by atoms with Gasteiger partial charge >= 0.3 is 0 Å². The van der Waals surface area contributed by atoms with Crippen molar-refractivity contribution in [2.75, 3.05) is 19.7 Å². The molecule has 1 saturated heterocycles. The van der Waals surface area contributed by atoms with Crippen molar-refractivity contribution in [3.63, 3.8) is 0 Å². The zero-order valence-electron chi connectivity index (χ0n) is 13.4. The average Bonchev–Trinajstić information content (AvgIpc) is 2.33. The van der Waals surface area contributed by atoms with Crippen LogP contribution in [0.4, 0.5) is 0 Å². The van der Waals surface area contributed by atoms with Crippen LogP contribution in [-0.4, -0.2) is 48.8 Å². The Hall–Kier alpha value is -0.120. The molecule has 0 bridgehead atoms. The number of hydrogen-bond donors (Lipinski definition) is 1. The van der Waals surface area contributed by atoms with E-state index < -0.39 is 0 Å². The van der Waals surface area contributed by atoms with Crippen molar-refractivity contribution in [2.45, 2.75) is 78.1 Å². The van der Waals surface area contributed by atoms with E-state index >= 15 is 0 Å². The molecule has 1 aliphatic heterocycles. The molecule has 2 fully saturated rings. The average molecular weight is 268 g/mol. The topological polar surface area (TPSA) is 24.5 Å². The summed E-state index contributed by atoms with van der Waals surface area (Å²) in [4.78, 5) is 2.73. The molecule has 4 atom stereocenters. The van der Waals surface area contributed by atoms with E-state index in [0.717, 1.165) is 6.61 Å². The van der Waals surface area contributed by atoms with Gasteiger partial charge in [-0.2, -0.15) is 0 Å². The van der Waals surface area contributed by atoms with Crippen molar-refractivity contribution in [3.8, 4) is 0 Å². The van der Waals surface area contributed by atoms with Gasteiger partial charge in [0, 0.05) is 30.1 Å². The molecule has 4 unspecified atom stereocenters. The maximum absolute atomic E-state index is 5.87. The summed E-state index contributed by atoms with van der Waals surface area (Å²) in [6.07, 6.45) is 4.20. The fourth-order valence-electron chi connectivity index (χ4n) is 3.76. The molecule has 0 aromatic rings. The second-order valence-corrected chi connectivity index (χ2v) is 7.10. The van der Waals surface area contributed by atoms with Crippen LogP contribution < -0.4 is 5.32 Å². The van der Waals surface area contributed by atoms with Crippen LogP contribution in [0.25, 0.3) is 0 Å². The molecule has 0 amide bonds. The van der Waals surface area contributed by atoms with Crippen molar-refractivity contribution < 1.29 is 4.74 Å². The summed E-state index contributed by atoms with van der Waals surface area (Å²) in [6.45, 7) is 14.8. The van der Waals surface area contributed by atoms with Gasteiger partial charge in [0.2, 0.25) is 0 Å². The molecule has 3 heteroatoms. The predicted molar refractivity (Wildman–Crippen MR) is 80.5 cm³/mol. The lowest BCUT2D eigenvalue weighted by molar-refractivity contribution is -0.151. The Morgan fingerprint density at radius 3 is 2.21 bits per heavy atom. The maximum atomic E-state index is 5.87.